The molecule has 1 aliphatic heterocycles. The van der Waals surface area contributed by atoms with Gasteiger partial charge in [0.05, 0.1) is 0 Å². The fourth-order valence-electron chi connectivity index (χ4n) is 4.22. The van der Waals surface area contributed by atoms with E-state index in [4.69, 9.17) is 0 Å². The number of ketones is 1. The number of nitrogens with zero attached hydrogens (tertiary/aromatic N) is 1. The summed E-state index contributed by atoms with van der Waals surface area (Å²) in [5.74, 6) is 0.836. The van der Waals surface area contributed by atoms with Crippen molar-refractivity contribution < 1.29 is 4.79 Å². The highest BCUT2D eigenvalue weighted by atomic mass is 16.1. The molecule has 2 heteroatoms. The molecule has 3 rings (SSSR count). The van der Waals surface area contributed by atoms with Gasteiger partial charge in [-0.3, -0.25) is 9.69 Å². The molecule has 1 saturated heterocycles. The van der Waals surface area contributed by atoms with Crippen molar-refractivity contribution in [2.75, 3.05) is 6.54 Å². The molecular weight excluding hydrogens is 258 g/mol. The van der Waals surface area contributed by atoms with Crippen LogP contribution in [0.5, 0.6) is 0 Å². The first kappa shape index (κ1) is 14.8. The van der Waals surface area contributed by atoms with Crippen LogP contribution in [0.3, 0.4) is 0 Å². The monoisotopic (exact) mass is 285 g/mol. The Labute approximate surface area is 128 Å². The van der Waals surface area contributed by atoms with Crippen molar-refractivity contribution in [2.24, 2.45) is 5.92 Å². The van der Waals surface area contributed by atoms with Crippen LogP contribution in [-0.2, 0) is 11.3 Å². The average molecular weight is 285 g/mol. The molecule has 2 nitrogen and oxygen atoms in total. The number of likely N-dealkylation sites (tertiary alicyclic amines) is 1. The zero-order valence-corrected chi connectivity index (χ0v) is 13.4. The Bertz CT molecular complexity index is 502. The number of hydrogen-bond donors (Lipinski definition) is 0. The quantitative estimate of drug-likeness (QED) is 0.836. The van der Waals surface area contributed by atoms with Gasteiger partial charge in [-0.05, 0) is 62.8 Å². The van der Waals surface area contributed by atoms with Crippen molar-refractivity contribution in [2.45, 2.75) is 65.0 Å². The van der Waals surface area contributed by atoms with Gasteiger partial charge in [0.15, 0.2) is 0 Å². The lowest BCUT2D eigenvalue weighted by Gasteiger charge is -2.39. The smallest absolute Gasteiger partial charge is 0.137 e. The minimum atomic E-state index is 0.314. The first-order chi connectivity index (χ1) is 10.2. The van der Waals surface area contributed by atoms with E-state index >= 15 is 0 Å². The first-order valence-electron chi connectivity index (χ1n) is 8.48. The Balaban J connectivity index is 1.80. The molecule has 1 aromatic carbocycles. The van der Waals surface area contributed by atoms with Crippen molar-refractivity contribution in [1.29, 1.82) is 0 Å². The van der Waals surface area contributed by atoms with Gasteiger partial charge in [0.1, 0.15) is 5.78 Å². The Kier molecular flexibility index (Phi) is 4.44. The summed E-state index contributed by atoms with van der Waals surface area (Å²) < 4.78 is 0. The van der Waals surface area contributed by atoms with E-state index in [0.29, 0.717) is 17.7 Å². The number of benzene rings is 1. The van der Waals surface area contributed by atoms with E-state index in [2.05, 4.69) is 36.9 Å². The number of hydrogen-bond acceptors (Lipinski definition) is 2. The lowest BCUT2D eigenvalue weighted by Crippen LogP contribution is -2.45. The molecule has 0 spiro atoms. The molecule has 2 fully saturated rings. The zero-order valence-electron chi connectivity index (χ0n) is 13.4. The lowest BCUT2D eigenvalue weighted by atomic mass is 9.87. The van der Waals surface area contributed by atoms with Crippen LogP contribution in [0, 0.1) is 19.8 Å². The van der Waals surface area contributed by atoms with Gasteiger partial charge in [0.2, 0.25) is 0 Å². The Morgan fingerprint density at radius 1 is 1.10 bits per heavy atom. The molecule has 0 bridgehead atoms. The Morgan fingerprint density at radius 3 is 2.52 bits per heavy atom. The van der Waals surface area contributed by atoms with Crippen LogP contribution in [-0.4, -0.2) is 23.3 Å². The van der Waals surface area contributed by atoms with Crippen LogP contribution in [0.4, 0.5) is 0 Å². The molecule has 1 aromatic rings. The number of carbonyl (C=O) groups is 1. The molecule has 1 saturated carbocycles. The Hall–Kier alpha value is -1.15. The summed E-state index contributed by atoms with van der Waals surface area (Å²) in [7, 11) is 0. The van der Waals surface area contributed by atoms with Crippen LogP contribution in [0.2, 0.25) is 0 Å². The third-order valence-corrected chi connectivity index (χ3v) is 5.49. The standard InChI is InChI=1S/C19H27NO/c1-14-7-5-8-15(2)17(14)13-20-12-4-3-10-18(20)16-9-6-11-19(16)21/h5,7-8,16,18H,3-4,6,9-13H2,1-2H3. The van der Waals surface area contributed by atoms with Crippen molar-refractivity contribution in [3.63, 3.8) is 0 Å². The van der Waals surface area contributed by atoms with Crippen LogP contribution in [0.25, 0.3) is 0 Å². The van der Waals surface area contributed by atoms with Crippen molar-refractivity contribution in [3.05, 3.63) is 34.9 Å². The van der Waals surface area contributed by atoms with Crippen molar-refractivity contribution in [3.8, 4) is 0 Å². The van der Waals surface area contributed by atoms with Gasteiger partial charge in [0.25, 0.3) is 0 Å². The summed E-state index contributed by atoms with van der Waals surface area (Å²) >= 11 is 0. The van der Waals surface area contributed by atoms with E-state index in [0.717, 1.165) is 32.4 Å². The fourth-order valence-corrected chi connectivity index (χ4v) is 4.22. The minimum absolute atomic E-state index is 0.314. The third-order valence-electron chi connectivity index (χ3n) is 5.49. The second-order valence-electron chi connectivity index (χ2n) is 6.87. The van der Waals surface area contributed by atoms with Gasteiger partial charge >= 0.3 is 0 Å². The molecule has 21 heavy (non-hydrogen) atoms. The van der Waals surface area contributed by atoms with E-state index < -0.39 is 0 Å². The summed E-state index contributed by atoms with van der Waals surface area (Å²) in [5.41, 5.74) is 4.24. The summed E-state index contributed by atoms with van der Waals surface area (Å²) in [6, 6.07) is 7.06. The first-order valence-corrected chi connectivity index (χ1v) is 8.48. The zero-order chi connectivity index (χ0) is 14.8. The highest BCUT2D eigenvalue weighted by Gasteiger charge is 2.36. The molecular formula is C19H27NO. The SMILES string of the molecule is Cc1cccc(C)c1CN1CCCCC1C1CCCC1=O. The molecule has 0 radical (unpaired) electrons. The van der Waals surface area contributed by atoms with Gasteiger partial charge < -0.3 is 0 Å². The third kappa shape index (κ3) is 3.06. The Morgan fingerprint density at radius 2 is 1.86 bits per heavy atom. The van der Waals surface area contributed by atoms with Crippen LogP contribution in [0.1, 0.15) is 55.2 Å². The number of carbonyl (C=O) groups excluding carboxylic acids is 1. The van der Waals surface area contributed by atoms with Gasteiger partial charge in [-0.15, -0.1) is 0 Å². The largest absolute Gasteiger partial charge is 0.299 e. The summed E-state index contributed by atoms with van der Waals surface area (Å²) in [6.45, 7) is 6.60. The lowest BCUT2D eigenvalue weighted by molar-refractivity contribution is -0.123. The molecule has 0 aromatic heterocycles. The highest BCUT2D eigenvalue weighted by Crippen LogP contribution is 2.34. The maximum atomic E-state index is 12.2. The average Bonchev–Trinajstić information content (AvgIpc) is 2.90. The van der Waals surface area contributed by atoms with Crippen LogP contribution >= 0.6 is 0 Å². The molecule has 0 amide bonds. The van der Waals surface area contributed by atoms with E-state index in [-0.39, 0.29) is 0 Å². The van der Waals surface area contributed by atoms with E-state index in [9.17, 15) is 4.79 Å². The van der Waals surface area contributed by atoms with Gasteiger partial charge in [-0.25, -0.2) is 0 Å². The number of aryl methyl sites for hydroxylation is 2. The van der Waals surface area contributed by atoms with Gasteiger partial charge in [-0.1, -0.05) is 24.6 Å². The van der Waals surface area contributed by atoms with E-state index in [1.165, 1.54) is 36.0 Å². The minimum Gasteiger partial charge on any atom is -0.299 e. The number of piperidine rings is 1. The normalized spacial score (nSPS) is 27.2. The molecule has 114 valence electrons. The summed E-state index contributed by atoms with van der Waals surface area (Å²) in [5, 5.41) is 0. The predicted octanol–water partition coefficient (Wildman–Crippen LogP) is 4.03. The summed E-state index contributed by atoms with van der Waals surface area (Å²) in [4.78, 5) is 14.8. The second kappa shape index (κ2) is 6.31. The number of rotatable bonds is 3. The van der Waals surface area contributed by atoms with Crippen LogP contribution in [0.15, 0.2) is 18.2 Å². The maximum absolute atomic E-state index is 12.2. The predicted molar refractivity (Wildman–Crippen MR) is 86.3 cm³/mol. The topological polar surface area (TPSA) is 20.3 Å². The molecule has 1 aliphatic carbocycles. The van der Waals surface area contributed by atoms with Gasteiger partial charge in [0, 0.05) is 24.9 Å². The van der Waals surface area contributed by atoms with E-state index in [1.54, 1.807) is 0 Å². The van der Waals surface area contributed by atoms with E-state index in [1.807, 2.05) is 0 Å². The second-order valence-corrected chi connectivity index (χ2v) is 6.87. The van der Waals surface area contributed by atoms with Crippen LogP contribution < -0.4 is 0 Å². The molecule has 0 N–H and O–H groups in total. The summed E-state index contributed by atoms with van der Waals surface area (Å²) in [6.07, 6.45) is 6.82. The van der Waals surface area contributed by atoms with Crippen molar-refractivity contribution in [1.82, 2.24) is 4.90 Å². The highest BCUT2D eigenvalue weighted by molar-refractivity contribution is 5.83. The molecule has 2 unspecified atom stereocenters. The van der Waals surface area contributed by atoms with Crippen molar-refractivity contribution >= 4 is 5.78 Å². The van der Waals surface area contributed by atoms with Gasteiger partial charge in [-0.2, -0.15) is 0 Å². The molecule has 2 aliphatic rings. The molecule has 1 heterocycles. The maximum Gasteiger partial charge on any atom is 0.137 e. The molecule has 2 atom stereocenters. The fraction of sp³-hybridized carbons (Fsp3) is 0.632. The number of Topliss-reactive ketones (excluding diaryl/α,β-unsaturated/α-hetero) is 1.